The van der Waals surface area contributed by atoms with Crippen LogP contribution < -0.4 is 15.2 Å². The quantitative estimate of drug-likeness (QED) is 0.799. The van der Waals surface area contributed by atoms with E-state index in [-0.39, 0.29) is 5.82 Å². The second-order valence-electron chi connectivity index (χ2n) is 4.38. The highest BCUT2D eigenvalue weighted by molar-refractivity contribution is 9.10. The first-order valence-corrected chi connectivity index (χ1v) is 7.68. The van der Waals surface area contributed by atoms with Crippen molar-refractivity contribution < 1.29 is 13.9 Å². The summed E-state index contributed by atoms with van der Waals surface area (Å²) in [4.78, 5) is 0. The van der Waals surface area contributed by atoms with Crippen molar-refractivity contribution in [2.75, 3.05) is 14.2 Å². The fourth-order valence-corrected chi connectivity index (χ4v) is 2.96. The molecule has 2 N–H and O–H groups in total. The monoisotopic (exact) mass is 417 g/mol. The van der Waals surface area contributed by atoms with E-state index >= 15 is 0 Å². The summed E-state index contributed by atoms with van der Waals surface area (Å²) in [6.07, 6.45) is 0. The Morgan fingerprint density at radius 2 is 1.62 bits per heavy atom. The van der Waals surface area contributed by atoms with Crippen LogP contribution in [-0.4, -0.2) is 14.2 Å². The molecule has 2 rings (SSSR count). The molecule has 1 unspecified atom stereocenters. The maximum absolute atomic E-state index is 13.3. The molecule has 2 aromatic rings. The Morgan fingerprint density at radius 3 is 2.19 bits per heavy atom. The molecule has 0 saturated carbocycles. The van der Waals surface area contributed by atoms with Gasteiger partial charge in [-0.25, -0.2) is 4.39 Å². The van der Waals surface area contributed by atoms with Crippen LogP contribution in [0.25, 0.3) is 0 Å². The Kier molecular flexibility index (Phi) is 5.24. The number of methoxy groups -OCH3 is 2. The van der Waals surface area contributed by atoms with E-state index in [1.165, 1.54) is 6.07 Å². The molecule has 0 radical (unpaired) electrons. The van der Waals surface area contributed by atoms with Gasteiger partial charge in [0.25, 0.3) is 0 Å². The van der Waals surface area contributed by atoms with E-state index in [9.17, 15) is 4.39 Å². The predicted molar refractivity (Wildman–Crippen MR) is 87.4 cm³/mol. The zero-order chi connectivity index (χ0) is 15.6. The standard InChI is InChI=1S/C15H14Br2FNO2/c1-20-13-6-9(10(16)7-14(13)21-2)15(19)8-3-4-12(18)11(17)5-8/h3-7,15H,19H2,1-2H3. The van der Waals surface area contributed by atoms with Crippen LogP contribution >= 0.6 is 31.9 Å². The number of benzene rings is 2. The molecule has 0 aliphatic heterocycles. The van der Waals surface area contributed by atoms with Crippen molar-refractivity contribution in [3.8, 4) is 11.5 Å². The fraction of sp³-hybridized carbons (Fsp3) is 0.200. The van der Waals surface area contributed by atoms with E-state index < -0.39 is 6.04 Å². The van der Waals surface area contributed by atoms with E-state index in [0.29, 0.717) is 16.0 Å². The van der Waals surface area contributed by atoms with Gasteiger partial charge in [-0.2, -0.15) is 0 Å². The average molecular weight is 419 g/mol. The van der Waals surface area contributed by atoms with Crippen LogP contribution in [0.5, 0.6) is 11.5 Å². The summed E-state index contributed by atoms with van der Waals surface area (Å²) in [5, 5.41) is 0. The normalized spacial score (nSPS) is 12.1. The molecule has 0 aliphatic carbocycles. The van der Waals surface area contributed by atoms with Crippen molar-refractivity contribution in [2.24, 2.45) is 5.73 Å². The maximum atomic E-state index is 13.3. The minimum absolute atomic E-state index is 0.322. The van der Waals surface area contributed by atoms with E-state index in [2.05, 4.69) is 31.9 Å². The Hall–Kier alpha value is -1.11. The number of rotatable bonds is 4. The van der Waals surface area contributed by atoms with E-state index in [1.54, 1.807) is 32.4 Å². The highest BCUT2D eigenvalue weighted by Gasteiger charge is 2.17. The van der Waals surface area contributed by atoms with Gasteiger partial charge in [-0.05, 0) is 51.3 Å². The van der Waals surface area contributed by atoms with Gasteiger partial charge in [0.2, 0.25) is 0 Å². The Labute approximate surface area is 139 Å². The topological polar surface area (TPSA) is 44.5 Å². The zero-order valence-corrected chi connectivity index (χ0v) is 14.7. The first-order valence-electron chi connectivity index (χ1n) is 6.10. The van der Waals surface area contributed by atoms with Crippen LogP contribution in [0, 0.1) is 5.82 Å². The summed E-state index contributed by atoms with van der Waals surface area (Å²) in [5.74, 6) is 0.880. The average Bonchev–Trinajstić information content (AvgIpc) is 2.49. The summed E-state index contributed by atoms with van der Waals surface area (Å²) in [7, 11) is 3.14. The molecular weight excluding hydrogens is 405 g/mol. The third-order valence-electron chi connectivity index (χ3n) is 3.14. The number of halogens is 3. The molecule has 2 aromatic carbocycles. The Bertz CT molecular complexity index is 664. The highest BCUT2D eigenvalue weighted by atomic mass is 79.9. The summed E-state index contributed by atoms with van der Waals surface area (Å²) in [5.41, 5.74) is 7.89. The van der Waals surface area contributed by atoms with Gasteiger partial charge >= 0.3 is 0 Å². The number of nitrogens with two attached hydrogens (primary N) is 1. The summed E-state index contributed by atoms with van der Waals surface area (Å²) >= 11 is 6.65. The van der Waals surface area contributed by atoms with Gasteiger partial charge in [0.05, 0.1) is 24.7 Å². The van der Waals surface area contributed by atoms with Crippen molar-refractivity contribution in [1.29, 1.82) is 0 Å². The minimum atomic E-state index is -0.420. The molecule has 0 bridgehead atoms. The van der Waals surface area contributed by atoms with Crippen LogP contribution in [0.2, 0.25) is 0 Å². The van der Waals surface area contributed by atoms with Crippen LogP contribution in [-0.2, 0) is 0 Å². The van der Waals surface area contributed by atoms with Gasteiger partial charge in [-0.15, -0.1) is 0 Å². The predicted octanol–water partition coefficient (Wildman–Crippen LogP) is 4.42. The Balaban J connectivity index is 2.47. The molecule has 0 fully saturated rings. The number of ether oxygens (including phenoxy) is 2. The van der Waals surface area contributed by atoms with Gasteiger partial charge < -0.3 is 15.2 Å². The third-order valence-corrected chi connectivity index (χ3v) is 4.44. The summed E-state index contributed by atoms with van der Waals surface area (Å²) < 4.78 is 25.0. The maximum Gasteiger partial charge on any atom is 0.161 e. The molecule has 0 heterocycles. The van der Waals surface area contributed by atoms with Crippen molar-refractivity contribution in [1.82, 2.24) is 0 Å². The lowest BCUT2D eigenvalue weighted by atomic mass is 9.99. The first kappa shape index (κ1) is 16.3. The summed E-state index contributed by atoms with van der Waals surface area (Å²) in [6, 6.07) is 7.90. The highest BCUT2D eigenvalue weighted by Crippen LogP contribution is 2.37. The first-order chi connectivity index (χ1) is 9.97. The molecule has 0 saturated heterocycles. The third kappa shape index (κ3) is 3.39. The smallest absolute Gasteiger partial charge is 0.161 e. The molecule has 21 heavy (non-hydrogen) atoms. The second kappa shape index (κ2) is 6.77. The van der Waals surface area contributed by atoms with Crippen molar-refractivity contribution in [3.63, 3.8) is 0 Å². The van der Waals surface area contributed by atoms with Crippen molar-refractivity contribution in [3.05, 3.63) is 56.2 Å². The van der Waals surface area contributed by atoms with Crippen LogP contribution in [0.3, 0.4) is 0 Å². The lowest BCUT2D eigenvalue weighted by Gasteiger charge is -2.18. The van der Waals surface area contributed by atoms with Crippen molar-refractivity contribution in [2.45, 2.75) is 6.04 Å². The van der Waals surface area contributed by atoms with Crippen LogP contribution in [0.1, 0.15) is 17.2 Å². The number of hydrogen-bond donors (Lipinski definition) is 1. The second-order valence-corrected chi connectivity index (χ2v) is 6.09. The molecule has 0 aromatic heterocycles. The summed E-state index contributed by atoms with van der Waals surface area (Å²) in [6.45, 7) is 0. The zero-order valence-electron chi connectivity index (χ0n) is 11.5. The van der Waals surface area contributed by atoms with Crippen molar-refractivity contribution >= 4 is 31.9 Å². The molecule has 0 amide bonds. The minimum Gasteiger partial charge on any atom is -0.493 e. The molecule has 0 aliphatic rings. The van der Waals surface area contributed by atoms with E-state index in [4.69, 9.17) is 15.2 Å². The van der Waals surface area contributed by atoms with Gasteiger partial charge in [0, 0.05) is 4.47 Å². The van der Waals surface area contributed by atoms with Gasteiger partial charge in [0.1, 0.15) is 5.82 Å². The van der Waals surface area contributed by atoms with E-state index in [1.807, 2.05) is 6.07 Å². The lowest BCUT2D eigenvalue weighted by molar-refractivity contribution is 0.354. The molecule has 1 atom stereocenters. The molecule has 112 valence electrons. The molecule has 3 nitrogen and oxygen atoms in total. The van der Waals surface area contributed by atoms with Gasteiger partial charge in [-0.1, -0.05) is 22.0 Å². The Morgan fingerprint density at radius 1 is 1.00 bits per heavy atom. The van der Waals surface area contributed by atoms with E-state index in [0.717, 1.165) is 15.6 Å². The molecule has 6 heteroatoms. The molecular formula is C15H14Br2FNO2. The van der Waals surface area contributed by atoms with Gasteiger partial charge in [0.15, 0.2) is 11.5 Å². The largest absolute Gasteiger partial charge is 0.493 e. The van der Waals surface area contributed by atoms with Gasteiger partial charge in [-0.3, -0.25) is 0 Å². The van der Waals surface area contributed by atoms with Crippen LogP contribution in [0.4, 0.5) is 4.39 Å². The SMILES string of the molecule is COc1cc(Br)c(C(N)c2ccc(F)c(Br)c2)cc1OC. The van der Waals surface area contributed by atoms with Crippen LogP contribution in [0.15, 0.2) is 39.3 Å². The fourth-order valence-electron chi connectivity index (χ4n) is 1.99. The molecule has 0 spiro atoms. The lowest BCUT2D eigenvalue weighted by Crippen LogP contribution is -2.13. The number of hydrogen-bond acceptors (Lipinski definition) is 3.